The van der Waals surface area contributed by atoms with Crippen molar-refractivity contribution in [3.05, 3.63) is 53.3 Å². The topological polar surface area (TPSA) is 140 Å². The predicted octanol–water partition coefficient (Wildman–Crippen LogP) is 4.11. The summed E-state index contributed by atoms with van der Waals surface area (Å²) >= 11 is 0. The van der Waals surface area contributed by atoms with Crippen LogP contribution in [0.4, 0.5) is 9.18 Å². The van der Waals surface area contributed by atoms with Crippen LogP contribution in [0.15, 0.2) is 41.3 Å². The average molecular weight is 567 g/mol. The average Bonchev–Trinajstić information content (AvgIpc) is 3.49. The Bertz CT molecular complexity index is 1540. The summed E-state index contributed by atoms with van der Waals surface area (Å²) in [6.07, 6.45) is 2.61. The van der Waals surface area contributed by atoms with Gasteiger partial charge in [0.25, 0.3) is 0 Å². The number of piperidine rings is 1. The Morgan fingerprint density at radius 3 is 2.42 bits per heavy atom. The summed E-state index contributed by atoms with van der Waals surface area (Å²) in [5.41, 5.74) is 0.265. The van der Waals surface area contributed by atoms with Crippen molar-refractivity contribution in [1.29, 1.82) is 10.5 Å². The van der Waals surface area contributed by atoms with Crippen molar-refractivity contribution < 1.29 is 27.1 Å². The fourth-order valence-electron chi connectivity index (χ4n) is 5.50. The summed E-state index contributed by atoms with van der Waals surface area (Å²) in [4.78, 5) is 27.5. The standard InChI is InChI=1S/C29H31FN4O5S/c1-29(2,3)39-28(36)34-23-10-9-20(12-23)26(34)27(35)33-22(16-32)11-19-7-5-17(13-24(19)30)18-6-8-21(15-31)25(14-18)40(4,37)38/h5-8,13-14,20,22-23,26H,9-12H2,1-4H3,(H,33,35)/t20-,22+,23+,26+/m1/s1. The zero-order valence-corrected chi connectivity index (χ0v) is 23.6. The van der Waals surface area contributed by atoms with E-state index in [2.05, 4.69) is 5.32 Å². The molecule has 2 bridgehead atoms. The molecule has 1 N–H and O–H groups in total. The predicted molar refractivity (Wildman–Crippen MR) is 144 cm³/mol. The van der Waals surface area contributed by atoms with E-state index in [1.54, 1.807) is 26.8 Å². The van der Waals surface area contributed by atoms with Gasteiger partial charge in [-0.1, -0.05) is 18.2 Å². The van der Waals surface area contributed by atoms with E-state index in [1.807, 2.05) is 12.1 Å². The fraction of sp³-hybridized carbons (Fsp3) is 0.448. The van der Waals surface area contributed by atoms with Crippen molar-refractivity contribution in [3.8, 4) is 23.3 Å². The summed E-state index contributed by atoms with van der Waals surface area (Å²) in [5, 5.41) is 21.7. The molecule has 0 radical (unpaired) electrons. The van der Waals surface area contributed by atoms with Gasteiger partial charge in [-0.15, -0.1) is 0 Å². The fourth-order valence-corrected chi connectivity index (χ4v) is 6.36. The molecular weight excluding hydrogens is 535 g/mol. The highest BCUT2D eigenvalue weighted by Gasteiger charge is 2.52. The Labute approximate surface area is 233 Å². The van der Waals surface area contributed by atoms with Gasteiger partial charge in [0, 0.05) is 18.7 Å². The van der Waals surface area contributed by atoms with Crippen LogP contribution in [-0.4, -0.2) is 55.3 Å². The minimum Gasteiger partial charge on any atom is -0.444 e. The molecule has 210 valence electrons. The van der Waals surface area contributed by atoms with Crippen LogP contribution in [0.5, 0.6) is 0 Å². The molecule has 2 aromatic carbocycles. The molecule has 0 aromatic heterocycles. The molecule has 0 unspecified atom stereocenters. The highest BCUT2D eigenvalue weighted by Crippen LogP contribution is 2.43. The number of nitriles is 2. The van der Waals surface area contributed by atoms with Crippen molar-refractivity contribution in [1.82, 2.24) is 10.2 Å². The number of nitrogens with one attached hydrogen (secondary N) is 1. The summed E-state index contributed by atoms with van der Waals surface area (Å²) in [6, 6.07) is 10.5. The second-order valence-corrected chi connectivity index (χ2v) is 13.3. The number of likely N-dealkylation sites (tertiary alicyclic amines) is 1. The zero-order valence-electron chi connectivity index (χ0n) is 22.8. The second-order valence-electron chi connectivity index (χ2n) is 11.4. The van der Waals surface area contributed by atoms with E-state index in [0.717, 1.165) is 19.1 Å². The van der Waals surface area contributed by atoms with E-state index < -0.39 is 45.3 Å². The van der Waals surface area contributed by atoms with Crippen LogP contribution in [0.1, 0.15) is 51.2 Å². The molecule has 1 aliphatic carbocycles. The normalized spacial score (nSPS) is 20.9. The van der Waals surface area contributed by atoms with Crippen LogP contribution >= 0.6 is 0 Å². The maximum Gasteiger partial charge on any atom is 0.411 e. The van der Waals surface area contributed by atoms with Crippen LogP contribution in [0.3, 0.4) is 0 Å². The molecular formula is C29H31FN4O5S. The number of nitrogens with zero attached hydrogens (tertiary/aromatic N) is 3. The third-order valence-electron chi connectivity index (χ3n) is 7.24. The molecule has 4 atom stereocenters. The Kier molecular flexibility index (Phi) is 7.91. The molecule has 1 heterocycles. The first kappa shape index (κ1) is 29.0. The molecule has 9 nitrogen and oxygen atoms in total. The van der Waals surface area contributed by atoms with E-state index in [9.17, 15) is 28.5 Å². The monoisotopic (exact) mass is 566 g/mol. The summed E-state index contributed by atoms with van der Waals surface area (Å²) in [5.74, 6) is -1.13. The SMILES string of the molecule is CC(C)(C)OC(=O)N1[C@H]2CC[C@H](C2)[C@H]1C(=O)N[C@H](C#N)Cc1ccc(-c2ccc(C#N)c(S(C)(=O)=O)c2)cc1F. The Morgan fingerprint density at radius 1 is 1.15 bits per heavy atom. The lowest BCUT2D eigenvalue weighted by Gasteiger charge is -2.35. The number of fused-ring (bicyclic) bond motifs is 2. The third-order valence-corrected chi connectivity index (χ3v) is 8.38. The molecule has 1 saturated heterocycles. The molecule has 40 heavy (non-hydrogen) atoms. The third kappa shape index (κ3) is 6.10. The van der Waals surface area contributed by atoms with E-state index in [1.165, 1.54) is 35.2 Å². The zero-order chi connectivity index (χ0) is 29.4. The largest absolute Gasteiger partial charge is 0.444 e. The highest BCUT2D eigenvalue weighted by molar-refractivity contribution is 7.90. The van der Waals surface area contributed by atoms with E-state index in [4.69, 9.17) is 4.74 Å². The number of benzene rings is 2. The van der Waals surface area contributed by atoms with Gasteiger partial charge in [-0.2, -0.15) is 10.5 Å². The van der Waals surface area contributed by atoms with Crippen LogP contribution in [0.2, 0.25) is 0 Å². The van der Waals surface area contributed by atoms with Gasteiger partial charge in [-0.05, 0) is 80.8 Å². The van der Waals surface area contributed by atoms with Crippen molar-refractivity contribution in [3.63, 3.8) is 0 Å². The van der Waals surface area contributed by atoms with Crippen molar-refractivity contribution in [2.24, 2.45) is 5.92 Å². The maximum atomic E-state index is 15.1. The molecule has 0 spiro atoms. The molecule has 2 amide bonds. The second kappa shape index (κ2) is 10.9. The summed E-state index contributed by atoms with van der Waals surface area (Å²) in [6.45, 7) is 5.27. The van der Waals surface area contributed by atoms with Crippen LogP contribution in [0, 0.1) is 34.4 Å². The number of halogens is 1. The lowest BCUT2D eigenvalue weighted by Crippen LogP contribution is -2.55. The van der Waals surface area contributed by atoms with Gasteiger partial charge in [-0.25, -0.2) is 17.6 Å². The number of hydrogen-bond donors (Lipinski definition) is 1. The Balaban J connectivity index is 1.50. The number of carbonyl (C=O) groups is 2. The molecule has 11 heteroatoms. The smallest absolute Gasteiger partial charge is 0.411 e. The lowest BCUT2D eigenvalue weighted by atomic mass is 9.96. The first-order valence-corrected chi connectivity index (χ1v) is 14.9. The minimum absolute atomic E-state index is 0.00309. The molecule has 1 saturated carbocycles. The lowest BCUT2D eigenvalue weighted by molar-refractivity contribution is -0.128. The highest BCUT2D eigenvalue weighted by atomic mass is 32.2. The number of sulfone groups is 1. The number of rotatable bonds is 6. The summed E-state index contributed by atoms with van der Waals surface area (Å²) in [7, 11) is -3.68. The van der Waals surface area contributed by atoms with Crippen molar-refractivity contribution in [2.75, 3.05) is 6.26 Å². The molecule has 2 aliphatic rings. The van der Waals surface area contributed by atoms with Crippen molar-refractivity contribution in [2.45, 2.75) is 75.1 Å². The number of carbonyl (C=O) groups excluding carboxylic acids is 2. The first-order chi connectivity index (χ1) is 18.7. The van der Waals surface area contributed by atoms with Gasteiger partial charge in [-0.3, -0.25) is 9.69 Å². The molecule has 4 rings (SSSR count). The molecule has 2 fully saturated rings. The van der Waals surface area contributed by atoms with Crippen LogP contribution < -0.4 is 5.32 Å². The molecule has 2 aromatic rings. The van der Waals surface area contributed by atoms with E-state index in [0.29, 0.717) is 17.5 Å². The first-order valence-electron chi connectivity index (χ1n) is 13.0. The summed E-state index contributed by atoms with van der Waals surface area (Å²) < 4.78 is 44.9. The van der Waals surface area contributed by atoms with E-state index in [-0.39, 0.29) is 34.4 Å². The van der Waals surface area contributed by atoms with Crippen molar-refractivity contribution >= 4 is 21.8 Å². The van der Waals surface area contributed by atoms with Gasteiger partial charge in [0.1, 0.15) is 29.6 Å². The maximum absolute atomic E-state index is 15.1. The molecule has 1 aliphatic heterocycles. The Morgan fingerprint density at radius 2 is 1.82 bits per heavy atom. The number of amides is 2. The number of ether oxygens (including phenoxy) is 1. The van der Waals surface area contributed by atoms with Crippen LogP contribution in [-0.2, 0) is 25.8 Å². The van der Waals surface area contributed by atoms with E-state index >= 15 is 4.39 Å². The van der Waals surface area contributed by atoms with Gasteiger partial charge in [0.05, 0.1) is 16.5 Å². The van der Waals surface area contributed by atoms with Gasteiger partial charge in [0.15, 0.2) is 9.84 Å². The van der Waals surface area contributed by atoms with Crippen LogP contribution in [0.25, 0.3) is 11.1 Å². The Hall–Kier alpha value is -3.96. The van der Waals surface area contributed by atoms with Gasteiger partial charge in [0.2, 0.25) is 5.91 Å². The number of hydrogen-bond acceptors (Lipinski definition) is 7. The van der Waals surface area contributed by atoms with Gasteiger partial charge >= 0.3 is 6.09 Å². The van der Waals surface area contributed by atoms with Gasteiger partial charge < -0.3 is 10.1 Å². The quantitative estimate of drug-likeness (QED) is 0.555. The minimum atomic E-state index is -3.68.